The SMILES string of the molecule is O=C(c1ccc2ccn(C(=O)c3cccnc3)c2c1)N1CCC(Cc2ccccc2)CC1. The van der Waals surface area contributed by atoms with Gasteiger partial charge in [0, 0.05) is 42.6 Å². The average molecular weight is 424 g/mol. The molecular formula is C27H25N3O2. The molecule has 0 bridgehead atoms. The number of fused-ring (bicyclic) bond motifs is 1. The Morgan fingerprint density at radius 3 is 2.44 bits per heavy atom. The molecule has 0 radical (unpaired) electrons. The van der Waals surface area contributed by atoms with Crippen molar-refractivity contribution in [3.05, 3.63) is 102 Å². The monoisotopic (exact) mass is 423 g/mol. The third-order valence-electron chi connectivity index (χ3n) is 6.34. The van der Waals surface area contributed by atoms with Gasteiger partial charge in [0.15, 0.2) is 0 Å². The Kier molecular flexibility index (Phi) is 5.55. The Morgan fingerprint density at radius 1 is 0.875 bits per heavy atom. The van der Waals surface area contributed by atoms with Gasteiger partial charge in [0.2, 0.25) is 0 Å². The first-order valence-corrected chi connectivity index (χ1v) is 11.1. The predicted octanol–water partition coefficient (Wildman–Crippen LogP) is 4.82. The predicted molar refractivity (Wildman–Crippen MR) is 125 cm³/mol. The van der Waals surface area contributed by atoms with E-state index < -0.39 is 0 Å². The zero-order valence-electron chi connectivity index (χ0n) is 17.9. The summed E-state index contributed by atoms with van der Waals surface area (Å²) >= 11 is 0. The van der Waals surface area contributed by atoms with Gasteiger partial charge < -0.3 is 4.90 Å². The zero-order valence-corrected chi connectivity index (χ0v) is 17.9. The van der Waals surface area contributed by atoms with Crippen LogP contribution in [0.1, 0.15) is 39.1 Å². The summed E-state index contributed by atoms with van der Waals surface area (Å²) in [6, 6.07) is 21.6. The van der Waals surface area contributed by atoms with Gasteiger partial charge in [-0.1, -0.05) is 36.4 Å². The van der Waals surface area contributed by atoms with E-state index >= 15 is 0 Å². The summed E-state index contributed by atoms with van der Waals surface area (Å²) in [5, 5.41) is 0.931. The normalized spacial score (nSPS) is 14.6. The van der Waals surface area contributed by atoms with Crippen LogP contribution in [0.2, 0.25) is 0 Å². The first kappa shape index (κ1) is 20.2. The van der Waals surface area contributed by atoms with Crippen molar-refractivity contribution in [1.82, 2.24) is 14.5 Å². The summed E-state index contributed by atoms with van der Waals surface area (Å²) in [6.07, 6.45) is 8.05. The maximum absolute atomic E-state index is 13.2. The lowest BCUT2D eigenvalue weighted by atomic mass is 9.90. The number of hydrogen-bond acceptors (Lipinski definition) is 3. The van der Waals surface area contributed by atoms with E-state index in [0.717, 1.165) is 43.3 Å². The molecule has 1 aliphatic heterocycles. The smallest absolute Gasteiger partial charge is 0.263 e. The Bertz CT molecular complexity index is 1240. The number of benzene rings is 2. The van der Waals surface area contributed by atoms with Crippen molar-refractivity contribution >= 4 is 22.7 Å². The minimum Gasteiger partial charge on any atom is -0.339 e. The van der Waals surface area contributed by atoms with Crippen molar-refractivity contribution in [2.75, 3.05) is 13.1 Å². The Balaban J connectivity index is 1.31. The number of aromatic nitrogens is 2. The van der Waals surface area contributed by atoms with Crippen LogP contribution in [0.4, 0.5) is 0 Å². The summed E-state index contributed by atoms with van der Waals surface area (Å²) < 4.78 is 1.59. The molecule has 2 aromatic carbocycles. The largest absolute Gasteiger partial charge is 0.339 e. The average Bonchev–Trinajstić information content (AvgIpc) is 3.28. The molecule has 1 saturated heterocycles. The van der Waals surface area contributed by atoms with Crippen molar-refractivity contribution < 1.29 is 9.59 Å². The Labute approximate surface area is 187 Å². The van der Waals surface area contributed by atoms with Crippen LogP contribution in [0.3, 0.4) is 0 Å². The molecule has 0 N–H and O–H groups in total. The molecule has 4 aromatic rings. The fourth-order valence-corrected chi connectivity index (χ4v) is 4.54. The van der Waals surface area contributed by atoms with Crippen LogP contribution in [0, 0.1) is 5.92 Å². The topological polar surface area (TPSA) is 55.2 Å². The molecule has 1 amide bonds. The van der Waals surface area contributed by atoms with E-state index in [4.69, 9.17) is 0 Å². The molecule has 3 heterocycles. The van der Waals surface area contributed by atoms with Gasteiger partial charge in [-0.2, -0.15) is 0 Å². The number of likely N-dealkylation sites (tertiary alicyclic amines) is 1. The van der Waals surface area contributed by atoms with E-state index in [1.165, 1.54) is 5.56 Å². The number of carbonyl (C=O) groups excluding carboxylic acids is 2. The van der Waals surface area contributed by atoms with Gasteiger partial charge in [0.1, 0.15) is 0 Å². The van der Waals surface area contributed by atoms with Gasteiger partial charge in [-0.15, -0.1) is 0 Å². The molecule has 2 aromatic heterocycles. The highest BCUT2D eigenvalue weighted by Crippen LogP contribution is 2.25. The lowest BCUT2D eigenvalue weighted by Gasteiger charge is -2.32. The Hall–Kier alpha value is -3.73. The highest BCUT2D eigenvalue weighted by Gasteiger charge is 2.24. The van der Waals surface area contributed by atoms with Crippen molar-refractivity contribution in [3.63, 3.8) is 0 Å². The number of amides is 1. The standard InChI is InChI=1S/C27H25N3O2/c31-26(29-14-10-21(11-15-29)17-20-5-2-1-3-6-20)23-9-8-22-12-16-30(25(22)18-23)27(32)24-7-4-13-28-19-24/h1-9,12-13,16,18-19,21H,10-11,14-15,17H2. The molecule has 0 unspecified atom stereocenters. The molecule has 5 heteroatoms. The molecule has 0 saturated carbocycles. The van der Waals surface area contributed by atoms with Crippen molar-refractivity contribution in [3.8, 4) is 0 Å². The molecule has 32 heavy (non-hydrogen) atoms. The number of pyridine rings is 1. The van der Waals surface area contributed by atoms with Crippen LogP contribution >= 0.6 is 0 Å². The second kappa shape index (κ2) is 8.79. The molecule has 0 atom stereocenters. The van der Waals surface area contributed by atoms with E-state index in [0.29, 0.717) is 17.0 Å². The van der Waals surface area contributed by atoms with Gasteiger partial charge in [-0.25, -0.2) is 0 Å². The molecule has 1 fully saturated rings. The third kappa shape index (κ3) is 4.06. The van der Waals surface area contributed by atoms with Gasteiger partial charge >= 0.3 is 0 Å². The first-order chi connectivity index (χ1) is 15.7. The second-order valence-corrected chi connectivity index (χ2v) is 8.43. The van der Waals surface area contributed by atoms with Crippen LogP contribution in [-0.2, 0) is 6.42 Å². The van der Waals surface area contributed by atoms with Crippen molar-refractivity contribution in [2.24, 2.45) is 5.92 Å². The van der Waals surface area contributed by atoms with E-state index in [1.807, 2.05) is 35.2 Å². The fraction of sp³-hybridized carbons (Fsp3) is 0.222. The lowest BCUT2D eigenvalue weighted by molar-refractivity contribution is 0.0690. The molecule has 5 nitrogen and oxygen atoms in total. The molecule has 160 valence electrons. The number of hydrogen-bond donors (Lipinski definition) is 0. The molecule has 1 aliphatic rings. The van der Waals surface area contributed by atoms with Crippen LogP contribution in [0.5, 0.6) is 0 Å². The molecular weight excluding hydrogens is 398 g/mol. The van der Waals surface area contributed by atoms with Crippen LogP contribution in [0.15, 0.2) is 85.3 Å². The third-order valence-corrected chi connectivity index (χ3v) is 6.34. The molecule has 5 rings (SSSR count). The van der Waals surface area contributed by atoms with Crippen LogP contribution in [0.25, 0.3) is 10.9 Å². The summed E-state index contributed by atoms with van der Waals surface area (Å²) in [4.78, 5) is 32.1. The summed E-state index contributed by atoms with van der Waals surface area (Å²) in [6.45, 7) is 1.54. The maximum Gasteiger partial charge on any atom is 0.263 e. The summed E-state index contributed by atoms with van der Waals surface area (Å²) in [5.74, 6) is 0.490. The van der Waals surface area contributed by atoms with E-state index in [1.54, 1.807) is 35.3 Å². The van der Waals surface area contributed by atoms with E-state index in [-0.39, 0.29) is 11.8 Å². The van der Waals surface area contributed by atoms with Crippen LogP contribution < -0.4 is 0 Å². The minimum absolute atomic E-state index is 0.0339. The molecule has 0 aliphatic carbocycles. The van der Waals surface area contributed by atoms with Crippen LogP contribution in [-0.4, -0.2) is 39.4 Å². The lowest BCUT2D eigenvalue weighted by Crippen LogP contribution is -2.38. The fourth-order valence-electron chi connectivity index (χ4n) is 4.54. The first-order valence-electron chi connectivity index (χ1n) is 11.1. The quantitative estimate of drug-likeness (QED) is 0.473. The molecule has 0 spiro atoms. The summed E-state index contributed by atoms with van der Waals surface area (Å²) in [7, 11) is 0. The number of rotatable bonds is 4. The van der Waals surface area contributed by atoms with Gasteiger partial charge in [0.25, 0.3) is 11.8 Å². The van der Waals surface area contributed by atoms with Crippen molar-refractivity contribution in [1.29, 1.82) is 0 Å². The second-order valence-electron chi connectivity index (χ2n) is 8.43. The highest BCUT2D eigenvalue weighted by atomic mass is 16.2. The van der Waals surface area contributed by atoms with Gasteiger partial charge in [-0.3, -0.25) is 19.1 Å². The van der Waals surface area contributed by atoms with E-state index in [9.17, 15) is 9.59 Å². The number of carbonyl (C=O) groups is 2. The van der Waals surface area contributed by atoms with Crippen molar-refractivity contribution in [2.45, 2.75) is 19.3 Å². The van der Waals surface area contributed by atoms with Gasteiger partial charge in [-0.05, 0) is 61.1 Å². The zero-order chi connectivity index (χ0) is 21.9. The maximum atomic E-state index is 13.2. The van der Waals surface area contributed by atoms with E-state index in [2.05, 4.69) is 29.2 Å². The minimum atomic E-state index is -0.153. The van der Waals surface area contributed by atoms with Gasteiger partial charge in [0.05, 0.1) is 11.1 Å². The summed E-state index contributed by atoms with van der Waals surface area (Å²) in [5.41, 5.74) is 3.24. The number of piperidine rings is 1. The highest BCUT2D eigenvalue weighted by molar-refractivity contribution is 6.04. The number of nitrogens with zero attached hydrogens (tertiary/aromatic N) is 3. The Morgan fingerprint density at radius 2 is 1.69 bits per heavy atom.